The molecule has 1 aliphatic rings. The Labute approximate surface area is 91.5 Å². The van der Waals surface area contributed by atoms with E-state index in [4.69, 9.17) is 5.11 Å². The summed E-state index contributed by atoms with van der Waals surface area (Å²) < 4.78 is 0. The number of hydrogen-bond donors (Lipinski definition) is 1. The molecule has 0 amide bonds. The number of carboxylic acids is 1. The summed E-state index contributed by atoms with van der Waals surface area (Å²) in [5, 5.41) is 8.55. The number of aliphatic carboxylic acids is 1. The molecule has 0 fully saturated rings. The first-order valence-electron chi connectivity index (χ1n) is 4.67. The first kappa shape index (κ1) is 10.2. The summed E-state index contributed by atoms with van der Waals surface area (Å²) in [6, 6.07) is 7.35. The van der Waals surface area contributed by atoms with Crippen LogP contribution in [0.25, 0.3) is 0 Å². The molecule has 15 heavy (non-hydrogen) atoms. The smallest absolute Gasteiger partial charge is 0.304 e. The minimum atomic E-state index is -0.848. The molecule has 0 saturated heterocycles. The van der Waals surface area contributed by atoms with Crippen molar-refractivity contribution in [3.8, 4) is 0 Å². The molecular formula is C11H10O3S. The van der Waals surface area contributed by atoms with Gasteiger partial charge < -0.3 is 5.11 Å². The Morgan fingerprint density at radius 1 is 1.47 bits per heavy atom. The van der Waals surface area contributed by atoms with Crippen molar-refractivity contribution in [1.82, 2.24) is 0 Å². The summed E-state index contributed by atoms with van der Waals surface area (Å²) in [6.07, 6.45) is 0.374. The molecule has 0 spiro atoms. The highest BCUT2D eigenvalue weighted by Crippen LogP contribution is 2.36. The van der Waals surface area contributed by atoms with Gasteiger partial charge in [-0.2, -0.15) is 0 Å². The molecule has 0 bridgehead atoms. The minimum absolute atomic E-state index is 0.0464. The van der Waals surface area contributed by atoms with Crippen LogP contribution in [0.4, 0.5) is 0 Å². The fraction of sp³-hybridized carbons (Fsp3) is 0.273. The van der Waals surface area contributed by atoms with Crippen LogP contribution in [0.1, 0.15) is 23.2 Å². The number of ketones is 1. The maximum absolute atomic E-state index is 11.7. The largest absolute Gasteiger partial charge is 0.481 e. The van der Waals surface area contributed by atoms with Crippen molar-refractivity contribution in [3.05, 3.63) is 29.8 Å². The Morgan fingerprint density at radius 2 is 2.20 bits per heavy atom. The van der Waals surface area contributed by atoms with E-state index in [0.29, 0.717) is 6.42 Å². The quantitative estimate of drug-likeness (QED) is 0.833. The number of carbonyl (C=O) groups excluding carboxylic acids is 1. The summed E-state index contributed by atoms with van der Waals surface area (Å²) in [5.74, 6) is -0.796. The molecule has 0 saturated carbocycles. The number of hydrogen-bond acceptors (Lipinski definition) is 3. The van der Waals surface area contributed by atoms with Crippen molar-refractivity contribution in [2.24, 2.45) is 0 Å². The molecular weight excluding hydrogens is 212 g/mol. The maximum atomic E-state index is 11.7. The number of thioether (sulfide) groups is 1. The Bertz CT molecular complexity index is 414. The average molecular weight is 222 g/mol. The summed E-state index contributed by atoms with van der Waals surface area (Å²) >= 11 is 1.49. The Morgan fingerprint density at radius 3 is 2.93 bits per heavy atom. The number of carboxylic acid groups (broad SMARTS) is 1. The van der Waals surface area contributed by atoms with Crippen LogP contribution in [-0.4, -0.2) is 22.1 Å². The third-order valence-electron chi connectivity index (χ3n) is 2.30. The fourth-order valence-electron chi connectivity index (χ4n) is 1.65. The van der Waals surface area contributed by atoms with Crippen LogP contribution >= 0.6 is 11.8 Å². The van der Waals surface area contributed by atoms with Crippen LogP contribution in [0.2, 0.25) is 0 Å². The number of rotatable bonds is 2. The van der Waals surface area contributed by atoms with E-state index >= 15 is 0 Å². The first-order chi connectivity index (χ1) is 7.16. The number of Topliss-reactive ketones (excluding diaryl/α,β-unsaturated/α-hetero) is 1. The van der Waals surface area contributed by atoms with Crippen molar-refractivity contribution in [2.75, 3.05) is 0 Å². The molecule has 78 valence electrons. The lowest BCUT2D eigenvalue weighted by atomic mass is 10.0. The van der Waals surface area contributed by atoms with Crippen LogP contribution in [0.15, 0.2) is 29.2 Å². The van der Waals surface area contributed by atoms with E-state index in [2.05, 4.69) is 0 Å². The lowest BCUT2D eigenvalue weighted by Crippen LogP contribution is -2.20. The van der Waals surface area contributed by atoms with Crippen molar-refractivity contribution < 1.29 is 14.7 Å². The summed E-state index contributed by atoms with van der Waals surface area (Å²) in [7, 11) is 0. The van der Waals surface area contributed by atoms with Gasteiger partial charge in [0.15, 0.2) is 5.78 Å². The van der Waals surface area contributed by atoms with E-state index in [1.54, 1.807) is 6.07 Å². The number of benzene rings is 1. The van der Waals surface area contributed by atoms with Gasteiger partial charge in [-0.05, 0) is 6.07 Å². The zero-order chi connectivity index (χ0) is 10.8. The van der Waals surface area contributed by atoms with Gasteiger partial charge >= 0.3 is 5.97 Å². The molecule has 1 aliphatic heterocycles. The van der Waals surface area contributed by atoms with Crippen molar-refractivity contribution >= 4 is 23.5 Å². The highest BCUT2D eigenvalue weighted by Gasteiger charge is 2.26. The SMILES string of the molecule is O=C(O)CC1CC(=O)c2ccccc2S1. The maximum Gasteiger partial charge on any atom is 0.304 e. The van der Waals surface area contributed by atoms with Gasteiger partial charge in [0.25, 0.3) is 0 Å². The zero-order valence-corrected chi connectivity index (χ0v) is 8.79. The molecule has 1 N–H and O–H groups in total. The molecule has 2 rings (SSSR count). The molecule has 0 aliphatic carbocycles. The Kier molecular flexibility index (Phi) is 2.77. The number of fused-ring (bicyclic) bond motifs is 1. The molecule has 0 radical (unpaired) electrons. The lowest BCUT2D eigenvalue weighted by molar-refractivity contribution is -0.136. The second kappa shape index (κ2) is 4.06. The summed E-state index contributed by atoms with van der Waals surface area (Å²) in [5.41, 5.74) is 0.726. The van der Waals surface area contributed by atoms with Crippen molar-refractivity contribution in [2.45, 2.75) is 23.0 Å². The van der Waals surface area contributed by atoms with Gasteiger partial charge in [-0.1, -0.05) is 18.2 Å². The lowest BCUT2D eigenvalue weighted by Gasteiger charge is -2.21. The first-order valence-corrected chi connectivity index (χ1v) is 5.55. The van der Waals surface area contributed by atoms with Gasteiger partial charge in [0, 0.05) is 22.1 Å². The van der Waals surface area contributed by atoms with Gasteiger partial charge in [-0.15, -0.1) is 11.8 Å². The molecule has 3 nitrogen and oxygen atoms in total. The molecule has 1 heterocycles. The van der Waals surface area contributed by atoms with Crippen LogP contribution < -0.4 is 0 Å². The van der Waals surface area contributed by atoms with Gasteiger partial charge in [-0.25, -0.2) is 0 Å². The molecule has 0 aromatic heterocycles. The molecule has 4 heteroatoms. The van der Waals surface area contributed by atoms with Crippen LogP contribution in [-0.2, 0) is 4.79 Å². The van der Waals surface area contributed by atoms with Crippen LogP contribution in [0.3, 0.4) is 0 Å². The minimum Gasteiger partial charge on any atom is -0.481 e. The predicted molar refractivity (Wildman–Crippen MR) is 57.3 cm³/mol. The summed E-state index contributed by atoms with van der Waals surface area (Å²) in [4.78, 5) is 23.1. The van der Waals surface area contributed by atoms with E-state index in [0.717, 1.165) is 10.5 Å². The van der Waals surface area contributed by atoms with E-state index in [1.807, 2.05) is 18.2 Å². The van der Waals surface area contributed by atoms with Crippen LogP contribution in [0.5, 0.6) is 0 Å². The molecule has 1 atom stereocenters. The van der Waals surface area contributed by atoms with Gasteiger partial charge in [-0.3, -0.25) is 9.59 Å². The third kappa shape index (κ3) is 2.21. The topological polar surface area (TPSA) is 54.4 Å². The highest BCUT2D eigenvalue weighted by molar-refractivity contribution is 8.00. The fourth-order valence-corrected chi connectivity index (χ4v) is 2.93. The summed E-state index contributed by atoms with van der Waals surface area (Å²) in [6.45, 7) is 0. The standard InChI is InChI=1S/C11H10O3S/c12-9-5-7(6-11(13)14)15-10-4-2-1-3-8(9)10/h1-4,7H,5-6H2,(H,13,14). The second-order valence-corrected chi connectivity index (χ2v) is 4.80. The van der Waals surface area contributed by atoms with E-state index < -0.39 is 5.97 Å². The van der Waals surface area contributed by atoms with Gasteiger partial charge in [0.05, 0.1) is 6.42 Å². The normalized spacial score (nSPS) is 19.7. The Balaban J connectivity index is 2.23. The van der Waals surface area contributed by atoms with Crippen LogP contribution in [0, 0.1) is 0 Å². The van der Waals surface area contributed by atoms with Crippen molar-refractivity contribution in [3.63, 3.8) is 0 Å². The molecule has 1 aromatic carbocycles. The average Bonchev–Trinajstić information content (AvgIpc) is 2.16. The van der Waals surface area contributed by atoms with Crippen molar-refractivity contribution in [1.29, 1.82) is 0 Å². The van der Waals surface area contributed by atoms with E-state index in [1.165, 1.54) is 11.8 Å². The number of carbonyl (C=O) groups is 2. The van der Waals surface area contributed by atoms with E-state index in [-0.39, 0.29) is 17.5 Å². The van der Waals surface area contributed by atoms with Gasteiger partial charge in [0.1, 0.15) is 0 Å². The highest BCUT2D eigenvalue weighted by atomic mass is 32.2. The monoisotopic (exact) mass is 222 g/mol. The predicted octanol–water partition coefficient (Wildman–Crippen LogP) is 2.21. The second-order valence-electron chi connectivity index (χ2n) is 3.46. The molecule has 1 aromatic rings. The van der Waals surface area contributed by atoms with Gasteiger partial charge in [0.2, 0.25) is 0 Å². The van der Waals surface area contributed by atoms with E-state index in [9.17, 15) is 9.59 Å². The third-order valence-corrected chi connectivity index (χ3v) is 3.57. The molecule has 1 unspecified atom stereocenters. The Hall–Kier alpha value is -1.29. The zero-order valence-electron chi connectivity index (χ0n) is 7.97.